The number of para-hydroxylation sites is 1. The number of nitrogens with two attached hydrogens (primary N) is 1. The summed E-state index contributed by atoms with van der Waals surface area (Å²) in [6.45, 7) is 4.30. The second kappa shape index (κ2) is 8.44. The van der Waals surface area contributed by atoms with Gasteiger partial charge in [0.05, 0.1) is 7.11 Å². The number of unbranched alkanes of at least 4 members (excludes halogenated alkanes) is 2. The van der Waals surface area contributed by atoms with Crippen molar-refractivity contribution < 1.29 is 4.74 Å². The van der Waals surface area contributed by atoms with Gasteiger partial charge in [-0.25, -0.2) is 0 Å². The molecule has 0 heterocycles. The molecule has 0 spiro atoms. The molecule has 0 aliphatic heterocycles. The van der Waals surface area contributed by atoms with Crippen molar-refractivity contribution in [2.24, 2.45) is 5.73 Å². The van der Waals surface area contributed by atoms with E-state index in [0.717, 1.165) is 11.5 Å². The monoisotopic (exact) mass is 267 g/mol. The van der Waals surface area contributed by atoms with Gasteiger partial charge in [-0.15, -0.1) is 0 Å². The summed E-state index contributed by atoms with van der Waals surface area (Å²) in [5, 5.41) is 0.318. The van der Waals surface area contributed by atoms with Gasteiger partial charge in [0.2, 0.25) is 0 Å². The summed E-state index contributed by atoms with van der Waals surface area (Å²) < 4.78 is 5.44. The van der Waals surface area contributed by atoms with Crippen molar-refractivity contribution in [3.8, 4) is 5.75 Å². The van der Waals surface area contributed by atoms with Gasteiger partial charge in [0.15, 0.2) is 0 Å². The van der Waals surface area contributed by atoms with E-state index in [0.29, 0.717) is 5.25 Å². The van der Waals surface area contributed by atoms with Crippen LogP contribution >= 0.6 is 11.8 Å². The first-order chi connectivity index (χ1) is 8.70. The Morgan fingerprint density at radius 1 is 1.28 bits per heavy atom. The third-order valence-electron chi connectivity index (χ3n) is 2.97. The lowest BCUT2D eigenvalue weighted by Gasteiger charge is -2.22. The van der Waals surface area contributed by atoms with Crippen molar-refractivity contribution in [3.05, 3.63) is 29.8 Å². The Hall–Kier alpha value is -0.670. The van der Waals surface area contributed by atoms with E-state index in [9.17, 15) is 0 Å². The van der Waals surface area contributed by atoms with Crippen molar-refractivity contribution in [1.82, 2.24) is 0 Å². The van der Waals surface area contributed by atoms with Crippen LogP contribution in [-0.4, -0.2) is 18.9 Å². The Morgan fingerprint density at radius 3 is 2.61 bits per heavy atom. The molecule has 2 N–H and O–H groups in total. The first kappa shape index (κ1) is 15.4. The van der Waals surface area contributed by atoms with Crippen LogP contribution in [0.5, 0.6) is 5.75 Å². The molecule has 0 fully saturated rings. The average Bonchev–Trinajstić information content (AvgIpc) is 2.38. The molecule has 0 aliphatic carbocycles. The number of benzene rings is 1. The third kappa shape index (κ3) is 4.54. The molecule has 2 nitrogen and oxygen atoms in total. The van der Waals surface area contributed by atoms with Gasteiger partial charge in [-0.3, -0.25) is 0 Å². The zero-order chi connectivity index (χ0) is 13.4. The molecule has 0 saturated carbocycles. The summed E-state index contributed by atoms with van der Waals surface area (Å²) in [4.78, 5) is 0. The number of rotatable bonds is 8. The van der Waals surface area contributed by atoms with Crippen molar-refractivity contribution in [1.29, 1.82) is 0 Å². The molecule has 3 heteroatoms. The lowest BCUT2D eigenvalue weighted by Crippen LogP contribution is -2.23. The maximum absolute atomic E-state index is 6.13. The molecule has 0 aliphatic rings. The largest absolute Gasteiger partial charge is 0.496 e. The van der Waals surface area contributed by atoms with Crippen LogP contribution in [0.25, 0.3) is 0 Å². The van der Waals surface area contributed by atoms with Crippen LogP contribution in [0.2, 0.25) is 0 Å². The number of methoxy groups -OCH3 is 1. The van der Waals surface area contributed by atoms with Gasteiger partial charge in [0.1, 0.15) is 5.75 Å². The Bertz CT molecular complexity index is 341. The standard InChI is InChI=1S/C15H25NOS/c1-4-5-8-11-18-15(12(2)16)13-9-6-7-10-14(13)17-3/h6-7,9-10,12,15H,4-5,8,11,16H2,1-3H3. The molecule has 0 radical (unpaired) electrons. The number of thioether (sulfide) groups is 1. The highest BCUT2D eigenvalue weighted by Gasteiger charge is 2.19. The van der Waals surface area contributed by atoms with E-state index in [4.69, 9.17) is 10.5 Å². The van der Waals surface area contributed by atoms with Crippen LogP contribution in [0.3, 0.4) is 0 Å². The van der Waals surface area contributed by atoms with E-state index in [1.807, 2.05) is 23.9 Å². The molecule has 18 heavy (non-hydrogen) atoms. The van der Waals surface area contributed by atoms with E-state index in [1.54, 1.807) is 7.11 Å². The predicted octanol–water partition coefficient (Wildman–Crippen LogP) is 4.01. The van der Waals surface area contributed by atoms with E-state index in [1.165, 1.54) is 24.8 Å². The van der Waals surface area contributed by atoms with E-state index in [-0.39, 0.29) is 6.04 Å². The van der Waals surface area contributed by atoms with Gasteiger partial charge < -0.3 is 10.5 Å². The van der Waals surface area contributed by atoms with Gasteiger partial charge in [0.25, 0.3) is 0 Å². The van der Waals surface area contributed by atoms with Crippen molar-refractivity contribution in [2.75, 3.05) is 12.9 Å². The molecule has 102 valence electrons. The first-order valence-corrected chi connectivity index (χ1v) is 7.75. The molecular weight excluding hydrogens is 242 g/mol. The van der Waals surface area contributed by atoms with Crippen molar-refractivity contribution in [2.45, 2.75) is 44.4 Å². The average molecular weight is 267 g/mol. The summed E-state index contributed by atoms with van der Waals surface area (Å²) in [6, 6.07) is 8.33. The van der Waals surface area contributed by atoms with Crippen LogP contribution < -0.4 is 10.5 Å². The lowest BCUT2D eigenvalue weighted by molar-refractivity contribution is 0.408. The van der Waals surface area contributed by atoms with Gasteiger partial charge >= 0.3 is 0 Å². The second-order valence-electron chi connectivity index (χ2n) is 4.60. The first-order valence-electron chi connectivity index (χ1n) is 6.70. The van der Waals surface area contributed by atoms with Crippen LogP contribution in [0.15, 0.2) is 24.3 Å². The third-order valence-corrected chi connectivity index (χ3v) is 4.54. The van der Waals surface area contributed by atoms with E-state index >= 15 is 0 Å². The highest BCUT2D eigenvalue weighted by molar-refractivity contribution is 7.99. The summed E-state index contributed by atoms with van der Waals surface area (Å²) in [7, 11) is 1.72. The van der Waals surface area contributed by atoms with Crippen LogP contribution in [0.1, 0.15) is 43.9 Å². The van der Waals surface area contributed by atoms with E-state index < -0.39 is 0 Å². The molecule has 0 saturated heterocycles. The fourth-order valence-electron chi connectivity index (χ4n) is 1.99. The zero-order valence-electron chi connectivity index (χ0n) is 11.7. The molecule has 0 bridgehead atoms. The quantitative estimate of drug-likeness (QED) is 0.723. The summed E-state index contributed by atoms with van der Waals surface area (Å²) in [5.41, 5.74) is 7.35. The van der Waals surface area contributed by atoms with Crippen LogP contribution in [0.4, 0.5) is 0 Å². The topological polar surface area (TPSA) is 35.2 Å². The highest BCUT2D eigenvalue weighted by Crippen LogP contribution is 2.37. The van der Waals surface area contributed by atoms with Crippen LogP contribution in [-0.2, 0) is 0 Å². The molecule has 1 aromatic carbocycles. The van der Waals surface area contributed by atoms with Gasteiger partial charge in [-0.2, -0.15) is 11.8 Å². The minimum absolute atomic E-state index is 0.132. The smallest absolute Gasteiger partial charge is 0.123 e. The Balaban J connectivity index is 2.71. The van der Waals surface area contributed by atoms with E-state index in [2.05, 4.69) is 26.0 Å². The van der Waals surface area contributed by atoms with Crippen molar-refractivity contribution >= 4 is 11.8 Å². The SMILES string of the molecule is CCCCCSC(c1ccccc1OC)C(C)N. The molecule has 1 aromatic rings. The van der Waals surface area contributed by atoms with Crippen LogP contribution in [0, 0.1) is 0 Å². The maximum Gasteiger partial charge on any atom is 0.123 e. The molecule has 2 atom stereocenters. The summed E-state index contributed by atoms with van der Waals surface area (Å²) >= 11 is 1.95. The van der Waals surface area contributed by atoms with Gasteiger partial charge in [0, 0.05) is 16.9 Å². The number of hydrogen-bond donors (Lipinski definition) is 1. The summed E-state index contributed by atoms with van der Waals surface area (Å²) in [5.74, 6) is 2.11. The fraction of sp³-hybridized carbons (Fsp3) is 0.600. The lowest BCUT2D eigenvalue weighted by atomic mass is 10.1. The second-order valence-corrected chi connectivity index (χ2v) is 5.85. The minimum Gasteiger partial charge on any atom is -0.496 e. The zero-order valence-corrected chi connectivity index (χ0v) is 12.5. The summed E-state index contributed by atoms with van der Waals surface area (Å²) in [6.07, 6.45) is 3.82. The maximum atomic E-state index is 6.13. The molecule has 2 unspecified atom stereocenters. The van der Waals surface area contributed by atoms with Crippen molar-refractivity contribution in [3.63, 3.8) is 0 Å². The van der Waals surface area contributed by atoms with Gasteiger partial charge in [-0.1, -0.05) is 38.0 Å². The van der Waals surface area contributed by atoms with Gasteiger partial charge in [-0.05, 0) is 25.2 Å². The molecular formula is C15H25NOS. The Kier molecular flexibility index (Phi) is 7.21. The fourth-order valence-corrected chi connectivity index (χ4v) is 3.29. The molecule has 0 amide bonds. The minimum atomic E-state index is 0.132. The number of ether oxygens (including phenoxy) is 1. The predicted molar refractivity (Wildman–Crippen MR) is 81.4 cm³/mol. The molecule has 0 aromatic heterocycles. The molecule has 1 rings (SSSR count). The number of hydrogen-bond acceptors (Lipinski definition) is 3. The highest BCUT2D eigenvalue weighted by atomic mass is 32.2. The Labute approximate surface area is 115 Å². The normalized spacial score (nSPS) is 14.2. The Morgan fingerprint density at radius 2 is 2.00 bits per heavy atom.